The fourth-order valence-corrected chi connectivity index (χ4v) is 3.10. The number of alkyl halides is 3. The van der Waals surface area contributed by atoms with Crippen molar-refractivity contribution in [2.75, 3.05) is 20.8 Å². The lowest BCUT2D eigenvalue weighted by Gasteiger charge is -2.13. The van der Waals surface area contributed by atoms with Gasteiger partial charge in [-0.2, -0.15) is 13.2 Å². The first-order valence-corrected chi connectivity index (χ1v) is 9.46. The third-order valence-corrected chi connectivity index (χ3v) is 4.59. The third-order valence-electron chi connectivity index (χ3n) is 3.97. The summed E-state index contributed by atoms with van der Waals surface area (Å²) in [4.78, 5) is 12.1. The number of carbonyl (C=O) groups is 1. The standard InChI is InChI=1S/C20H21BrF3NO4/c1-27-16-6-4-14(9-15(16)21)11-25-19(26)8-5-13-3-7-17(18(10-13)28-2)29-12-20(22,23)24/h3-4,6-7,9-10H,5,8,11-12H2,1-2H3,(H,25,26). The van der Waals surface area contributed by atoms with Crippen LogP contribution in [0.25, 0.3) is 0 Å². The molecule has 0 aliphatic carbocycles. The molecule has 158 valence electrons. The Morgan fingerprint density at radius 3 is 2.28 bits per heavy atom. The molecular weight excluding hydrogens is 455 g/mol. The number of rotatable bonds is 9. The van der Waals surface area contributed by atoms with Gasteiger partial charge in [0.1, 0.15) is 5.75 Å². The molecule has 2 aromatic carbocycles. The highest BCUT2D eigenvalue weighted by atomic mass is 79.9. The molecule has 1 N–H and O–H groups in total. The van der Waals surface area contributed by atoms with Crippen molar-refractivity contribution in [1.29, 1.82) is 0 Å². The number of halogens is 4. The summed E-state index contributed by atoms with van der Waals surface area (Å²) >= 11 is 3.39. The molecule has 2 rings (SSSR count). The van der Waals surface area contributed by atoms with Crippen LogP contribution in [0.1, 0.15) is 17.5 Å². The lowest BCUT2D eigenvalue weighted by molar-refractivity contribution is -0.153. The minimum absolute atomic E-state index is 0.00288. The molecule has 0 aromatic heterocycles. The Morgan fingerprint density at radius 2 is 1.66 bits per heavy atom. The van der Waals surface area contributed by atoms with Gasteiger partial charge in [0.05, 0.1) is 18.7 Å². The van der Waals surface area contributed by atoms with Crippen LogP contribution in [0.2, 0.25) is 0 Å². The van der Waals surface area contributed by atoms with Crippen molar-refractivity contribution < 1.29 is 32.2 Å². The SMILES string of the molecule is COc1ccc(CNC(=O)CCc2ccc(OCC(F)(F)F)c(OC)c2)cc1Br. The highest BCUT2D eigenvalue weighted by molar-refractivity contribution is 9.10. The van der Waals surface area contributed by atoms with E-state index >= 15 is 0 Å². The van der Waals surface area contributed by atoms with E-state index in [-0.39, 0.29) is 23.8 Å². The summed E-state index contributed by atoms with van der Waals surface area (Å²) in [6.45, 7) is -1.03. The summed E-state index contributed by atoms with van der Waals surface area (Å²) in [5, 5.41) is 2.83. The smallest absolute Gasteiger partial charge is 0.422 e. The Bertz CT molecular complexity index is 843. The minimum atomic E-state index is -4.43. The molecule has 1 amide bonds. The summed E-state index contributed by atoms with van der Waals surface area (Å²) < 4.78 is 52.7. The highest BCUT2D eigenvalue weighted by Gasteiger charge is 2.29. The van der Waals surface area contributed by atoms with Crippen LogP contribution >= 0.6 is 15.9 Å². The van der Waals surface area contributed by atoms with Gasteiger partial charge in [-0.05, 0) is 57.7 Å². The third kappa shape index (κ3) is 7.49. The van der Waals surface area contributed by atoms with Crippen LogP contribution in [0.5, 0.6) is 17.2 Å². The lowest BCUT2D eigenvalue weighted by Crippen LogP contribution is -2.23. The molecule has 0 bridgehead atoms. The van der Waals surface area contributed by atoms with E-state index in [2.05, 4.69) is 21.2 Å². The van der Waals surface area contributed by atoms with E-state index in [9.17, 15) is 18.0 Å². The quantitative estimate of drug-likeness (QED) is 0.573. The molecule has 0 aliphatic rings. The molecule has 0 radical (unpaired) electrons. The fourth-order valence-electron chi connectivity index (χ4n) is 2.51. The molecule has 0 saturated heterocycles. The molecule has 0 fully saturated rings. The number of benzene rings is 2. The van der Waals surface area contributed by atoms with Gasteiger partial charge in [0.2, 0.25) is 5.91 Å². The van der Waals surface area contributed by atoms with Gasteiger partial charge in [-0.15, -0.1) is 0 Å². The molecule has 0 unspecified atom stereocenters. The van der Waals surface area contributed by atoms with Crippen LogP contribution in [0.15, 0.2) is 40.9 Å². The molecule has 9 heteroatoms. The average Bonchev–Trinajstić information content (AvgIpc) is 2.68. The van der Waals surface area contributed by atoms with Gasteiger partial charge < -0.3 is 19.5 Å². The Kier molecular flexibility index (Phi) is 8.19. The number of ether oxygens (including phenoxy) is 3. The molecule has 29 heavy (non-hydrogen) atoms. The summed E-state index contributed by atoms with van der Waals surface area (Å²) in [5.74, 6) is 0.753. The van der Waals surface area contributed by atoms with Crippen molar-refractivity contribution in [2.45, 2.75) is 25.6 Å². The fraction of sp³-hybridized carbons (Fsp3) is 0.350. The van der Waals surface area contributed by atoms with E-state index in [1.54, 1.807) is 25.3 Å². The van der Waals surface area contributed by atoms with Crippen LogP contribution in [-0.4, -0.2) is 32.9 Å². The van der Waals surface area contributed by atoms with E-state index in [0.717, 1.165) is 15.6 Å². The van der Waals surface area contributed by atoms with Gasteiger partial charge in [-0.1, -0.05) is 12.1 Å². The lowest BCUT2D eigenvalue weighted by atomic mass is 10.1. The first kappa shape index (κ1) is 22.9. The second kappa shape index (κ2) is 10.4. The molecule has 0 saturated carbocycles. The molecular formula is C20H21BrF3NO4. The molecule has 0 spiro atoms. The Balaban J connectivity index is 1.87. The number of amides is 1. The van der Waals surface area contributed by atoms with E-state index in [0.29, 0.717) is 18.7 Å². The topological polar surface area (TPSA) is 56.8 Å². The van der Waals surface area contributed by atoms with E-state index in [1.165, 1.54) is 13.2 Å². The van der Waals surface area contributed by atoms with Crippen LogP contribution < -0.4 is 19.5 Å². The number of hydrogen-bond donors (Lipinski definition) is 1. The Labute approximate surface area is 175 Å². The predicted molar refractivity (Wildman–Crippen MR) is 105 cm³/mol. The van der Waals surface area contributed by atoms with Gasteiger partial charge in [0.25, 0.3) is 0 Å². The van der Waals surface area contributed by atoms with Crippen molar-refractivity contribution >= 4 is 21.8 Å². The van der Waals surface area contributed by atoms with Crippen molar-refractivity contribution in [3.8, 4) is 17.2 Å². The first-order valence-electron chi connectivity index (χ1n) is 8.67. The van der Waals surface area contributed by atoms with Crippen molar-refractivity contribution in [3.63, 3.8) is 0 Å². The van der Waals surface area contributed by atoms with E-state index in [4.69, 9.17) is 14.2 Å². The molecule has 0 aliphatic heterocycles. The Morgan fingerprint density at radius 1 is 1.00 bits per heavy atom. The maximum Gasteiger partial charge on any atom is 0.422 e. The summed E-state index contributed by atoms with van der Waals surface area (Å²) in [6.07, 6.45) is -3.79. The maximum atomic E-state index is 12.3. The summed E-state index contributed by atoms with van der Waals surface area (Å²) in [5.41, 5.74) is 1.67. The van der Waals surface area contributed by atoms with Crippen molar-refractivity contribution in [3.05, 3.63) is 52.0 Å². The van der Waals surface area contributed by atoms with Gasteiger partial charge in [0, 0.05) is 13.0 Å². The average molecular weight is 476 g/mol. The predicted octanol–water partition coefficient (Wildman–Crippen LogP) is 4.66. The number of methoxy groups -OCH3 is 2. The minimum Gasteiger partial charge on any atom is -0.496 e. The number of nitrogens with one attached hydrogen (secondary N) is 1. The molecule has 0 atom stereocenters. The van der Waals surface area contributed by atoms with Gasteiger partial charge in [0.15, 0.2) is 18.1 Å². The maximum absolute atomic E-state index is 12.3. The van der Waals surface area contributed by atoms with Crippen LogP contribution in [0.4, 0.5) is 13.2 Å². The normalized spacial score (nSPS) is 11.1. The zero-order valence-electron chi connectivity index (χ0n) is 15.9. The van der Waals surface area contributed by atoms with Gasteiger partial charge >= 0.3 is 6.18 Å². The molecule has 2 aromatic rings. The van der Waals surface area contributed by atoms with E-state index in [1.807, 2.05) is 12.1 Å². The van der Waals surface area contributed by atoms with Crippen molar-refractivity contribution in [1.82, 2.24) is 5.32 Å². The number of carbonyl (C=O) groups excluding carboxylic acids is 1. The van der Waals surface area contributed by atoms with Crippen LogP contribution in [0, 0.1) is 0 Å². The summed E-state index contributed by atoms with van der Waals surface area (Å²) in [6, 6.07) is 10.1. The number of aryl methyl sites for hydroxylation is 1. The van der Waals surface area contributed by atoms with Crippen LogP contribution in [-0.2, 0) is 17.8 Å². The zero-order chi connectivity index (χ0) is 21.4. The molecule has 5 nitrogen and oxygen atoms in total. The van der Waals surface area contributed by atoms with Crippen LogP contribution in [0.3, 0.4) is 0 Å². The monoisotopic (exact) mass is 475 g/mol. The second-order valence-corrected chi connectivity index (χ2v) is 6.99. The Hall–Kier alpha value is -2.42. The zero-order valence-corrected chi connectivity index (χ0v) is 17.5. The largest absolute Gasteiger partial charge is 0.496 e. The highest BCUT2D eigenvalue weighted by Crippen LogP contribution is 2.30. The second-order valence-electron chi connectivity index (χ2n) is 6.13. The molecule has 0 heterocycles. The van der Waals surface area contributed by atoms with E-state index < -0.39 is 12.8 Å². The summed E-state index contributed by atoms with van der Waals surface area (Å²) in [7, 11) is 2.92. The van der Waals surface area contributed by atoms with Crippen molar-refractivity contribution in [2.24, 2.45) is 0 Å². The van der Waals surface area contributed by atoms with Gasteiger partial charge in [-0.3, -0.25) is 4.79 Å². The first-order chi connectivity index (χ1) is 13.7. The number of hydrogen-bond acceptors (Lipinski definition) is 4. The van der Waals surface area contributed by atoms with Gasteiger partial charge in [-0.25, -0.2) is 0 Å².